The summed E-state index contributed by atoms with van der Waals surface area (Å²) in [5.41, 5.74) is 3.37. The summed E-state index contributed by atoms with van der Waals surface area (Å²) in [6.45, 7) is 8.04. The van der Waals surface area contributed by atoms with E-state index in [2.05, 4.69) is 39.8 Å². The molecule has 3 rings (SSSR count). The van der Waals surface area contributed by atoms with Crippen molar-refractivity contribution in [2.75, 3.05) is 52.4 Å². The van der Waals surface area contributed by atoms with Gasteiger partial charge in [0.1, 0.15) is 0 Å². The van der Waals surface area contributed by atoms with Gasteiger partial charge in [0.05, 0.1) is 34.0 Å². The molecule has 0 radical (unpaired) electrons. The van der Waals surface area contributed by atoms with Crippen LogP contribution in [0.5, 0.6) is 11.5 Å². The zero-order valence-electron chi connectivity index (χ0n) is 18.5. The lowest BCUT2D eigenvalue weighted by Gasteiger charge is -2.26. The van der Waals surface area contributed by atoms with Gasteiger partial charge in [-0.1, -0.05) is 24.3 Å². The van der Waals surface area contributed by atoms with Crippen molar-refractivity contribution in [3.8, 4) is 11.5 Å². The Kier molecular flexibility index (Phi) is 10.9. The number of nitrogens with one attached hydrogen (secondary N) is 2. The van der Waals surface area contributed by atoms with Gasteiger partial charge < -0.3 is 24.8 Å². The average molecular weight is 540 g/mol. The van der Waals surface area contributed by atoms with Gasteiger partial charge in [0.2, 0.25) is 0 Å². The Balaban J connectivity index is 0.00000341. The number of aliphatic imine (C=N–C) groups is 1. The van der Waals surface area contributed by atoms with Crippen molar-refractivity contribution in [1.82, 2.24) is 10.2 Å². The highest BCUT2D eigenvalue weighted by molar-refractivity contribution is 14.0. The van der Waals surface area contributed by atoms with Crippen LogP contribution in [0.2, 0.25) is 0 Å². The largest absolute Gasteiger partial charge is 0.493 e. The van der Waals surface area contributed by atoms with Crippen LogP contribution in [0, 0.1) is 0 Å². The maximum absolute atomic E-state index is 5.42. The van der Waals surface area contributed by atoms with Gasteiger partial charge in [-0.15, -0.1) is 24.0 Å². The summed E-state index contributed by atoms with van der Waals surface area (Å²) in [5.74, 6) is 2.10. The van der Waals surface area contributed by atoms with Crippen LogP contribution in [-0.4, -0.2) is 57.9 Å². The minimum Gasteiger partial charge on any atom is -0.493 e. The smallest absolute Gasteiger partial charge is 0.196 e. The van der Waals surface area contributed by atoms with E-state index in [1.807, 2.05) is 25.1 Å². The Hall–Kier alpha value is -2.04. The van der Waals surface area contributed by atoms with Crippen LogP contribution >= 0.6 is 24.0 Å². The maximum Gasteiger partial charge on any atom is 0.196 e. The second-order valence-corrected chi connectivity index (χ2v) is 7.09. The maximum atomic E-state index is 5.42. The first-order valence-electron chi connectivity index (χ1n) is 10.4. The summed E-state index contributed by atoms with van der Waals surface area (Å²) >= 11 is 0. The molecule has 1 fully saturated rings. The fraction of sp³-hybridized carbons (Fsp3) is 0.435. The first-order chi connectivity index (χ1) is 14.7. The predicted molar refractivity (Wildman–Crippen MR) is 136 cm³/mol. The monoisotopic (exact) mass is 540 g/mol. The first-order valence-corrected chi connectivity index (χ1v) is 10.4. The Morgan fingerprint density at radius 2 is 1.68 bits per heavy atom. The molecule has 1 aliphatic rings. The Morgan fingerprint density at radius 1 is 1.00 bits per heavy atom. The van der Waals surface area contributed by atoms with Gasteiger partial charge in [-0.3, -0.25) is 4.90 Å². The van der Waals surface area contributed by atoms with Crippen molar-refractivity contribution in [2.45, 2.75) is 20.0 Å². The molecule has 31 heavy (non-hydrogen) atoms. The highest BCUT2D eigenvalue weighted by Gasteiger charge is 2.10. The number of benzene rings is 2. The standard InChI is InChI=1S/C23H32N4O3.HI/c1-4-24-23(26-20-9-10-21(28-2)22(15-20)29-3)25-16-18-5-7-19(8-6-18)17-27-11-13-30-14-12-27;/h5-10,15H,4,11-14,16-17H2,1-3H3,(H2,24,25,26);1H. The number of anilines is 1. The Bertz CT molecular complexity index is 824. The molecule has 0 amide bonds. The van der Waals surface area contributed by atoms with E-state index in [0.717, 1.165) is 51.0 Å². The molecule has 0 spiro atoms. The van der Waals surface area contributed by atoms with E-state index in [1.54, 1.807) is 14.2 Å². The van der Waals surface area contributed by atoms with Gasteiger partial charge in [0.25, 0.3) is 0 Å². The number of nitrogens with zero attached hydrogens (tertiary/aromatic N) is 2. The lowest BCUT2D eigenvalue weighted by molar-refractivity contribution is 0.0342. The van der Waals surface area contributed by atoms with Crippen molar-refractivity contribution in [2.24, 2.45) is 4.99 Å². The van der Waals surface area contributed by atoms with Crippen molar-refractivity contribution in [1.29, 1.82) is 0 Å². The van der Waals surface area contributed by atoms with E-state index >= 15 is 0 Å². The summed E-state index contributed by atoms with van der Waals surface area (Å²) in [5, 5.41) is 6.61. The van der Waals surface area contributed by atoms with Gasteiger partial charge in [-0.25, -0.2) is 4.99 Å². The van der Waals surface area contributed by atoms with Crippen molar-refractivity contribution < 1.29 is 14.2 Å². The van der Waals surface area contributed by atoms with E-state index in [4.69, 9.17) is 19.2 Å². The average Bonchev–Trinajstić information content (AvgIpc) is 2.79. The van der Waals surface area contributed by atoms with Crippen LogP contribution in [0.25, 0.3) is 0 Å². The molecule has 0 atom stereocenters. The molecular weight excluding hydrogens is 507 g/mol. The van der Waals surface area contributed by atoms with Gasteiger partial charge in [-0.2, -0.15) is 0 Å². The molecule has 8 heteroatoms. The third-order valence-corrected chi connectivity index (χ3v) is 4.94. The number of methoxy groups -OCH3 is 2. The molecule has 2 aromatic carbocycles. The molecule has 1 aliphatic heterocycles. The van der Waals surface area contributed by atoms with E-state index in [-0.39, 0.29) is 24.0 Å². The minimum absolute atomic E-state index is 0. The zero-order chi connectivity index (χ0) is 21.2. The number of hydrogen-bond acceptors (Lipinski definition) is 5. The van der Waals surface area contributed by atoms with Crippen LogP contribution < -0.4 is 20.1 Å². The van der Waals surface area contributed by atoms with Crippen molar-refractivity contribution in [3.05, 3.63) is 53.6 Å². The third-order valence-electron chi connectivity index (χ3n) is 4.94. The van der Waals surface area contributed by atoms with E-state index in [1.165, 1.54) is 11.1 Å². The molecule has 170 valence electrons. The topological polar surface area (TPSA) is 67.4 Å². The van der Waals surface area contributed by atoms with Gasteiger partial charge in [0.15, 0.2) is 17.5 Å². The molecule has 0 unspecified atom stereocenters. The van der Waals surface area contributed by atoms with Crippen LogP contribution in [0.1, 0.15) is 18.1 Å². The van der Waals surface area contributed by atoms with E-state index in [0.29, 0.717) is 18.0 Å². The summed E-state index contributed by atoms with van der Waals surface area (Å²) in [6.07, 6.45) is 0. The minimum atomic E-state index is 0. The molecule has 0 saturated carbocycles. The molecule has 0 bridgehead atoms. The number of rotatable bonds is 8. The summed E-state index contributed by atoms with van der Waals surface area (Å²) in [4.78, 5) is 7.14. The summed E-state index contributed by atoms with van der Waals surface area (Å²) in [7, 11) is 3.26. The summed E-state index contributed by atoms with van der Waals surface area (Å²) in [6, 6.07) is 14.4. The Labute approximate surface area is 202 Å². The van der Waals surface area contributed by atoms with Crippen molar-refractivity contribution in [3.63, 3.8) is 0 Å². The number of halogens is 1. The first kappa shape index (κ1) is 25.2. The molecule has 2 aromatic rings. The molecular formula is C23H33IN4O3. The van der Waals surface area contributed by atoms with Crippen LogP contribution in [0.15, 0.2) is 47.5 Å². The lowest BCUT2D eigenvalue weighted by atomic mass is 10.1. The van der Waals surface area contributed by atoms with Crippen LogP contribution in [-0.2, 0) is 17.8 Å². The second-order valence-electron chi connectivity index (χ2n) is 7.09. The highest BCUT2D eigenvalue weighted by Crippen LogP contribution is 2.29. The van der Waals surface area contributed by atoms with E-state index < -0.39 is 0 Å². The zero-order valence-corrected chi connectivity index (χ0v) is 20.8. The van der Waals surface area contributed by atoms with Gasteiger partial charge >= 0.3 is 0 Å². The third kappa shape index (κ3) is 7.86. The van der Waals surface area contributed by atoms with Gasteiger partial charge in [0, 0.05) is 37.9 Å². The predicted octanol–water partition coefficient (Wildman–Crippen LogP) is 3.73. The SMILES string of the molecule is CCNC(=NCc1ccc(CN2CCOCC2)cc1)Nc1ccc(OC)c(OC)c1.I. The number of hydrogen-bond donors (Lipinski definition) is 2. The number of ether oxygens (including phenoxy) is 3. The Morgan fingerprint density at radius 3 is 2.32 bits per heavy atom. The van der Waals surface area contributed by atoms with E-state index in [9.17, 15) is 0 Å². The normalized spacial score (nSPS) is 14.5. The molecule has 0 aliphatic carbocycles. The second kappa shape index (κ2) is 13.4. The fourth-order valence-electron chi connectivity index (χ4n) is 3.30. The lowest BCUT2D eigenvalue weighted by Crippen LogP contribution is -2.35. The number of guanidine groups is 1. The quantitative estimate of drug-likeness (QED) is 0.302. The van der Waals surface area contributed by atoms with Gasteiger partial charge in [-0.05, 0) is 30.2 Å². The fourth-order valence-corrected chi connectivity index (χ4v) is 3.30. The highest BCUT2D eigenvalue weighted by atomic mass is 127. The molecule has 1 saturated heterocycles. The van der Waals surface area contributed by atoms with Crippen molar-refractivity contribution >= 4 is 35.6 Å². The molecule has 1 heterocycles. The molecule has 0 aromatic heterocycles. The molecule has 2 N–H and O–H groups in total. The summed E-state index contributed by atoms with van der Waals surface area (Å²) < 4.78 is 16.1. The number of morpholine rings is 1. The molecule has 7 nitrogen and oxygen atoms in total. The van der Waals surface area contributed by atoms with Crippen LogP contribution in [0.4, 0.5) is 5.69 Å². The van der Waals surface area contributed by atoms with Crippen LogP contribution in [0.3, 0.4) is 0 Å².